The molecule has 0 bridgehead atoms. The first kappa shape index (κ1) is 20.5. The molecule has 5 nitrogen and oxygen atoms in total. The second-order valence-corrected chi connectivity index (χ2v) is 7.53. The summed E-state index contributed by atoms with van der Waals surface area (Å²) < 4.78 is 77.3. The fourth-order valence-corrected chi connectivity index (χ4v) is 3.85. The minimum absolute atomic E-state index is 0.0920. The van der Waals surface area contributed by atoms with Gasteiger partial charge in [-0.1, -0.05) is 24.3 Å². The standard InChI is InChI=1S/C20H16F3NO4S/c1-27-17-7-3-4-8-18(17)28-15-12-10-14(11-13-15)24-29(25,26)19-9-5-2-6-16(19)20(21,22)23/h2-13,24H,1H3. The fraction of sp³-hybridized carbons (Fsp3) is 0.100. The lowest BCUT2D eigenvalue weighted by molar-refractivity contribution is -0.139. The number of methoxy groups -OCH3 is 1. The van der Waals surface area contributed by atoms with Crippen LogP contribution in [0.1, 0.15) is 5.56 Å². The summed E-state index contributed by atoms with van der Waals surface area (Å²) in [4.78, 5) is -0.846. The van der Waals surface area contributed by atoms with E-state index in [9.17, 15) is 21.6 Å². The highest BCUT2D eigenvalue weighted by molar-refractivity contribution is 7.92. The van der Waals surface area contributed by atoms with Crippen LogP contribution in [0.2, 0.25) is 0 Å². The van der Waals surface area contributed by atoms with Crippen LogP contribution >= 0.6 is 0 Å². The van der Waals surface area contributed by atoms with Crippen molar-refractivity contribution in [2.24, 2.45) is 0 Å². The SMILES string of the molecule is COc1ccccc1Oc1ccc(NS(=O)(=O)c2ccccc2C(F)(F)F)cc1. The number of alkyl halides is 3. The van der Waals surface area contributed by atoms with Crippen LogP contribution in [0.5, 0.6) is 17.2 Å². The lowest BCUT2D eigenvalue weighted by atomic mass is 10.2. The molecule has 0 aromatic heterocycles. The van der Waals surface area contributed by atoms with Crippen molar-refractivity contribution in [1.29, 1.82) is 0 Å². The Bertz CT molecular complexity index is 1100. The van der Waals surface area contributed by atoms with Crippen LogP contribution in [-0.2, 0) is 16.2 Å². The van der Waals surface area contributed by atoms with Gasteiger partial charge in [0.25, 0.3) is 10.0 Å². The van der Waals surface area contributed by atoms with E-state index in [1.54, 1.807) is 24.3 Å². The highest BCUT2D eigenvalue weighted by Crippen LogP contribution is 2.35. The topological polar surface area (TPSA) is 64.6 Å². The Morgan fingerprint density at radius 2 is 1.41 bits per heavy atom. The maximum absolute atomic E-state index is 13.1. The van der Waals surface area contributed by atoms with Crippen molar-refractivity contribution in [2.75, 3.05) is 11.8 Å². The van der Waals surface area contributed by atoms with E-state index in [0.29, 0.717) is 17.2 Å². The van der Waals surface area contributed by atoms with Crippen LogP contribution in [0.4, 0.5) is 18.9 Å². The molecular weight excluding hydrogens is 407 g/mol. The summed E-state index contributed by atoms with van der Waals surface area (Å²) >= 11 is 0. The lowest BCUT2D eigenvalue weighted by Crippen LogP contribution is -2.18. The zero-order valence-corrected chi connectivity index (χ0v) is 15.9. The molecule has 0 amide bonds. The third-order valence-electron chi connectivity index (χ3n) is 3.89. The first-order chi connectivity index (χ1) is 13.7. The Balaban J connectivity index is 1.81. The summed E-state index contributed by atoms with van der Waals surface area (Å²) in [5.41, 5.74) is -1.14. The molecule has 0 atom stereocenters. The number of halogens is 3. The molecule has 0 aliphatic rings. The van der Waals surface area contributed by atoms with E-state index in [1.807, 2.05) is 0 Å². The van der Waals surface area contributed by atoms with Crippen molar-refractivity contribution in [3.05, 3.63) is 78.4 Å². The summed E-state index contributed by atoms with van der Waals surface area (Å²) in [6.07, 6.45) is -4.79. The number of rotatable bonds is 6. The average molecular weight is 423 g/mol. The Hall–Kier alpha value is -3.20. The molecule has 0 saturated heterocycles. The number of para-hydroxylation sites is 2. The number of hydrogen-bond acceptors (Lipinski definition) is 4. The maximum atomic E-state index is 13.1. The first-order valence-corrected chi connectivity index (χ1v) is 9.79. The highest BCUT2D eigenvalue weighted by atomic mass is 32.2. The highest BCUT2D eigenvalue weighted by Gasteiger charge is 2.36. The van der Waals surface area contributed by atoms with Gasteiger partial charge in [0.05, 0.1) is 17.6 Å². The molecule has 3 aromatic rings. The predicted octanol–water partition coefficient (Wildman–Crippen LogP) is 5.31. The number of hydrogen-bond donors (Lipinski definition) is 1. The van der Waals surface area contributed by atoms with Gasteiger partial charge in [-0.3, -0.25) is 4.72 Å². The molecule has 0 unspecified atom stereocenters. The van der Waals surface area contributed by atoms with Crippen molar-refractivity contribution >= 4 is 15.7 Å². The summed E-state index contributed by atoms with van der Waals surface area (Å²) in [5.74, 6) is 1.37. The molecular formula is C20H16F3NO4S. The van der Waals surface area contributed by atoms with Crippen LogP contribution in [-0.4, -0.2) is 15.5 Å². The van der Waals surface area contributed by atoms with Gasteiger partial charge in [-0.15, -0.1) is 0 Å². The van der Waals surface area contributed by atoms with Gasteiger partial charge in [0.2, 0.25) is 0 Å². The summed E-state index contributed by atoms with van der Waals surface area (Å²) in [6.45, 7) is 0. The maximum Gasteiger partial charge on any atom is 0.417 e. The molecule has 1 N–H and O–H groups in total. The number of sulfonamides is 1. The summed E-state index contributed by atoms with van der Waals surface area (Å²) in [6, 6.07) is 16.7. The molecule has 9 heteroatoms. The van der Waals surface area contributed by atoms with Gasteiger partial charge >= 0.3 is 6.18 Å². The van der Waals surface area contributed by atoms with Crippen molar-refractivity contribution in [1.82, 2.24) is 0 Å². The molecule has 152 valence electrons. The van der Waals surface area contributed by atoms with Crippen molar-refractivity contribution in [3.8, 4) is 17.2 Å². The molecule has 3 rings (SSSR count). The second kappa shape index (κ2) is 8.04. The fourth-order valence-electron chi connectivity index (χ4n) is 2.57. The third-order valence-corrected chi connectivity index (χ3v) is 5.32. The van der Waals surface area contributed by atoms with Gasteiger partial charge in [0.15, 0.2) is 11.5 Å². The van der Waals surface area contributed by atoms with Crippen LogP contribution in [0.15, 0.2) is 77.7 Å². The van der Waals surface area contributed by atoms with E-state index in [2.05, 4.69) is 4.72 Å². The molecule has 0 heterocycles. The summed E-state index contributed by atoms with van der Waals surface area (Å²) in [5, 5.41) is 0. The van der Waals surface area contributed by atoms with Crippen molar-refractivity contribution in [2.45, 2.75) is 11.1 Å². The Morgan fingerprint density at radius 1 is 0.828 bits per heavy atom. The predicted molar refractivity (Wildman–Crippen MR) is 102 cm³/mol. The molecule has 0 spiro atoms. The van der Waals surface area contributed by atoms with Gasteiger partial charge in [-0.2, -0.15) is 13.2 Å². The molecule has 0 aliphatic carbocycles. The largest absolute Gasteiger partial charge is 0.493 e. The van der Waals surface area contributed by atoms with Gasteiger partial charge < -0.3 is 9.47 Å². The molecule has 0 radical (unpaired) electrons. The zero-order chi connectivity index (χ0) is 21.1. The van der Waals surface area contributed by atoms with Crippen molar-refractivity contribution in [3.63, 3.8) is 0 Å². The number of ether oxygens (including phenoxy) is 2. The van der Waals surface area contributed by atoms with Crippen LogP contribution in [0, 0.1) is 0 Å². The van der Waals surface area contributed by atoms with Gasteiger partial charge in [0.1, 0.15) is 5.75 Å². The van der Waals surface area contributed by atoms with Gasteiger partial charge in [0, 0.05) is 5.69 Å². The normalized spacial score (nSPS) is 11.7. The Kier molecular flexibility index (Phi) is 5.69. The van der Waals surface area contributed by atoms with Crippen LogP contribution in [0.3, 0.4) is 0 Å². The molecule has 3 aromatic carbocycles. The molecule has 0 aliphatic heterocycles. The van der Waals surface area contributed by atoms with E-state index >= 15 is 0 Å². The number of anilines is 1. The smallest absolute Gasteiger partial charge is 0.417 e. The first-order valence-electron chi connectivity index (χ1n) is 8.31. The molecule has 0 fully saturated rings. The summed E-state index contributed by atoms with van der Waals surface area (Å²) in [7, 11) is -2.94. The van der Waals surface area contributed by atoms with Crippen LogP contribution < -0.4 is 14.2 Å². The average Bonchev–Trinajstić information content (AvgIpc) is 2.69. The molecule has 29 heavy (non-hydrogen) atoms. The van der Waals surface area contributed by atoms with E-state index in [4.69, 9.17) is 9.47 Å². The molecule has 0 saturated carbocycles. The Labute approximate surface area is 165 Å². The number of benzene rings is 3. The van der Waals surface area contributed by atoms with E-state index in [1.165, 1.54) is 37.4 Å². The minimum atomic E-state index is -4.79. The monoisotopic (exact) mass is 423 g/mol. The minimum Gasteiger partial charge on any atom is -0.493 e. The third kappa shape index (κ3) is 4.80. The zero-order valence-electron chi connectivity index (χ0n) is 15.1. The van der Waals surface area contributed by atoms with Gasteiger partial charge in [-0.05, 0) is 48.5 Å². The van der Waals surface area contributed by atoms with E-state index < -0.39 is 26.7 Å². The van der Waals surface area contributed by atoms with E-state index in [-0.39, 0.29) is 5.69 Å². The van der Waals surface area contributed by atoms with E-state index in [0.717, 1.165) is 18.2 Å². The van der Waals surface area contributed by atoms with Crippen LogP contribution in [0.25, 0.3) is 0 Å². The van der Waals surface area contributed by atoms with Crippen molar-refractivity contribution < 1.29 is 31.1 Å². The lowest BCUT2D eigenvalue weighted by Gasteiger charge is -2.14. The second-order valence-electron chi connectivity index (χ2n) is 5.88. The van der Waals surface area contributed by atoms with Gasteiger partial charge in [-0.25, -0.2) is 8.42 Å². The number of nitrogens with one attached hydrogen (secondary N) is 1. The quantitative estimate of drug-likeness (QED) is 0.584. The Morgan fingerprint density at radius 3 is 2.03 bits per heavy atom.